The average molecular weight is 166 g/mol. The van der Waals surface area contributed by atoms with Gasteiger partial charge in [0.15, 0.2) is 0 Å². The molecule has 12 heavy (non-hydrogen) atoms. The number of furan rings is 1. The minimum atomic E-state index is -0.292. The second kappa shape index (κ2) is 2.94. The molecule has 1 heterocycles. The van der Waals surface area contributed by atoms with Gasteiger partial charge < -0.3 is 9.52 Å². The molecule has 1 aliphatic rings. The van der Waals surface area contributed by atoms with Crippen LogP contribution in [0.1, 0.15) is 42.5 Å². The van der Waals surface area contributed by atoms with Gasteiger partial charge in [0.2, 0.25) is 0 Å². The van der Waals surface area contributed by atoms with Crippen molar-refractivity contribution in [3.63, 3.8) is 0 Å². The molecule has 2 rings (SSSR count). The molecule has 1 unspecified atom stereocenters. The third-order valence-corrected chi connectivity index (χ3v) is 2.46. The quantitative estimate of drug-likeness (QED) is 0.600. The van der Waals surface area contributed by atoms with Crippen molar-refractivity contribution in [2.45, 2.75) is 38.7 Å². The van der Waals surface area contributed by atoms with Gasteiger partial charge in [0.25, 0.3) is 0 Å². The topological polar surface area (TPSA) is 33.4 Å². The summed E-state index contributed by atoms with van der Waals surface area (Å²) in [7, 11) is 0. The summed E-state index contributed by atoms with van der Waals surface area (Å²) in [6.07, 6.45) is 3.81. The van der Waals surface area contributed by atoms with Crippen LogP contribution in [0.3, 0.4) is 0 Å². The molecule has 1 N–H and O–H groups in total. The third-order valence-electron chi connectivity index (χ3n) is 2.46. The van der Waals surface area contributed by atoms with Gasteiger partial charge in [0.05, 0.1) is 6.10 Å². The van der Waals surface area contributed by atoms with Crippen molar-refractivity contribution >= 4 is 0 Å². The van der Waals surface area contributed by atoms with E-state index in [9.17, 15) is 5.11 Å². The first-order valence-corrected chi connectivity index (χ1v) is 4.54. The van der Waals surface area contributed by atoms with Gasteiger partial charge in [-0.05, 0) is 25.8 Å². The number of hydrogen-bond acceptors (Lipinski definition) is 2. The first kappa shape index (κ1) is 7.87. The van der Waals surface area contributed by atoms with E-state index in [1.807, 2.05) is 13.0 Å². The zero-order valence-corrected chi connectivity index (χ0v) is 7.34. The zero-order valence-electron chi connectivity index (χ0n) is 7.34. The minimum Gasteiger partial charge on any atom is -0.466 e. The second-order valence-corrected chi connectivity index (χ2v) is 3.50. The van der Waals surface area contributed by atoms with Crippen molar-refractivity contribution in [3.05, 3.63) is 23.2 Å². The third kappa shape index (κ3) is 1.27. The molecule has 0 radical (unpaired) electrons. The summed E-state index contributed by atoms with van der Waals surface area (Å²) < 4.78 is 5.50. The molecular weight excluding hydrogens is 152 g/mol. The van der Waals surface area contributed by atoms with Crippen LogP contribution in [0.5, 0.6) is 0 Å². The van der Waals surface area contributed by atoms with Crippen LogP contribution in [0.4, 0.5) is 0 Å². The molecule has 1 aliphatic carbocycles. The summed E-state index contributed by atoms with van der Waals surface area (Å²) in [4.78, 5) is 0. The maximum absolute atomic E-state index is 9.69. The van der Waals surface area contributed by atoms with Gasteiger partial charge in [-0.15, -0.1) is 0 Å². The molecule has 1 aromatic rings. The number of fused-ring (bicyclic) bond motifs is 1. The molecule has 0 fully saturated rings. The summed E-state index contributed by atoms with van der Waals surface area (Å²) in [6, 6.07) is 1.96. The Bertz CT molecular complexity index is 275. The summed E-state index contributed by atoms with van der Waals surface area (Å²) in [5, 5.41) is 9.69. The number of aryl methyl sites for hydroxylation is 2. The van der Waals surface area contributed by atoms with Crippen molar-refractivity contribution < 1.29 is 9.52 Å². The smallest absolute Gasteiger partial charge is 0.109 e. The average Bonchev–Trinajstić information content (AvgIpc) is 2.33. The molecule has 66 valence electrons. The van der Waals surface area contributed by atoms with E-state index in [2.05, 4.69) is 0 Å². The highest BCUT2D eigenvalue weighted by Gasteiger charge is 2.19. The predicted molar refractivity (Wildman–Crippen MR) is 46.0 cm³/mol. The molecule has 0 saturated carbocycles. The molecule has 0 amide bonds. The standard InChI is InChI=1S/C10H14O2/c1-7-6-8-9(11)4-2-3-5-10(8)12-7/h6,9,11H,2-5H2,1H3. The normalized spacial score (nSPS) is 23.3. The summed E-state index contributed by atoms with van der Waals surface area (Å²) in [6.45, 7) is 1.93. The van der Waals surface area contributed by atoms with Crippen molar-refractivity contribution in [2.75, 3.05) is 0 Å². The molecule has 0 aromatic carbocycles. The van der Waals surface area contributed by atoms with Crippen LogP contribution in [-0.4, -0.2) is 5.11 Å². The Morgan fingerprint density at radius 2 is 2.33 bits per heavy atom. The van der Waals surface area contributed by atoms with Gasteiger partial charge in [-0.25, -0.2) is 0 Å². The van der Waals surface area contributed by atoms with Crippen LogP contribution in [0, 0.1) is 6.92 Å². The SMILES string of the molecule is Cc1cc2c(o1)CCCCC2O. The van der Waals surface area contributed by atoms with E-state index in [-0.39, 0.29) is 6.10 Å². The number of aliphatic hydroxyl groups excluding tert-OH is 1. The van der Waals surface area contributed by atoms with E-state index < -0.39 is 0 Å². The van der Waals surface area contributed by atoms with E-state index in [1.54, 1.807) is 0 Å². The van der Waals surface area contributed by atoms with Gasteiger partial charge >= 0.3 is 0 Å². The molecule has 1 atom stereocenters. The fourth-order valence-electron chi connectivity index (χ4n) is 1.84. The maximum Gasteiger partial charge on any atom is 0.109 e. The number of rotatable bonds is 0. The number of hydrogen-bond donors (Lipinski definition) is 1. The van der Waals surface area contributed by atoms with E-state index in [0.29, 0.717) is 0 Å². The molecule has 0 saturated heterocycles. The molecule has 0 bridgehead atoms. The fraction of sp³-hybridized carbons (Fsp3) is 0.600. The van der Waals surface area contributed by atoms with Crippen LogP contribution in [0.2, 0.25) is 0 Å². The zero-order chi connectivity index (χ0) is 8.55. The highest BCUT2D eigenvalue weighted by atomic mass is 16.3. The molecule has 1 aromatic heterocycles. The van der Waals surface area contributed by atoms with E-state index in [4.69, 9.17) is 4.42 Å². The Labute approximate surface area is 72.2 Å². The Balaban J connectivity index is 2.38. The Kier molecular flexibility index (Phi) is 1.93. The van der Waals surface area contributed by atoms with Crippen LogP contribution in [0.25, 0.3) is 0 Å². The molecular formula is C10H14O2. The maximum atomic E-state index is 9.69. The van der Waals surface area contributed by atoms with Crippen LogP contribution < -0.4 is 0 Å². The van der Waals surface area contributed by atoms with Crippen molar-refractivity contribution in [1.29, 1.82) is 0 Å². The first-order chi connectivity index (χ1) is 5.77. The fourth-order valence-corrected chi connectivity index (χ4v) is 1.84. The second-order valence-electron chi connectivity index (χ2n) is 3.50. The molecule has 0 aliphatic heterocycles. The van der Waals surface area contributed by atoms with Crippen molar-refractivity contribution in [2.24, 2.45) is 0 Å². The summed E-state index contributed by atoms with van der Waals surface area (Å²) in [5.74, 6) is 1.92. The summed E-state index contributed by atoms with van der Waals surface area (Å²) >= 11 is 0. The van der Waals surface area contributed by atoms with E-state index in [1.165, 1.54) is 0 Å². The van der Waals surface area contributed by atoms with Gasteiger partial charge in [-0.3, -0.25) is 0 Å². The monoisotopic (exact) mass is 166 g/mol. The lowest BCUT2D eigenvalue weighted by Crippen LogP contribution is -1.94. The lowest BCUT2D eigenvalue weighted by atomic mass is 10.1. The lowest BCUT2D eigenvalue weighted by Gasteiger charge is -2.04. The van der Waals surface area contributed by atoms with Crippen LogP contribution >= 0.6 is 0 Å². The Hall–Kier alpha value is -0.760. The first-order valence-electron chi connectivity index (χ1n) is 4.54. The van der Waals surface area contributed by atoms with Gasteiger partial charge in [0.1, 0.15) is 11.5 Å². The van der Waals surface area contributed by atoms with Gasteiger partial charge in [0, 0.05) is 12.0 Å². The Morgan fingerprint density at radius 3 is 3.17 bits per heavy atom. The summed E-state index contributed by atoms with van der Waals surface area (Å²) in [5.41, 5.74) is 1.02. The molecule has 0 spiro atoms. The molecule has 2 nitrogen and oxygen atoms in total. The van der Waals surface area contributed by atoms with Crippen LogP contribution in [0.15, 0.2) is 10.5 Å². The van der Waals surface area contributed by atoms with Crippen LogP contribution in [-0.2, 0) is 6.42 Å². The minimum absolute atomic E-state index is 0.292. The van der Waals surface area contributed by atoms with Crippen molar-refractivity contribution in [1.82, 2.24) is 0 Å². The lowest BCUT2D eigenvalue weighted by molar-refractivity contribution is 0.166. The molecule has 2 heteroatoms. The Morgan fingerprint density at radius 1 is 1.50 bits per heavy atom. The van der Waals surface area contributed by atoms with E-state index >= 15 is 0 Å². The van der Waals surface area contributed by atoms with Gasteiger partial charge in [-0.2, -0.15) is 0 Å². The largest absolute Gasteiger partial charge is 0.466 e. The van der Waals surface area contributed by atoms with E-state index in [0.717, 1.165) is 42.8 Å². The predicted octanol–water partition coefficient (Wildman–Crippen LogP) is 2.35. The number of aliphatic hydroxyl groups is 1. The van der Waals surface area contributed by atoms with Crippen molar-refractivity contribution in [3.8, 4) is 0 Å². The van der Waals surface area contributed by atoms with Gasteiger partial charge in [-0.1, -0.05) is 6.42 Å². The highest BCUT2D eigenvalue weighted by Crippen LogP contribution is 2.30. The highest BCUT2D eigenvalue weighted by molar-refractivity contribution is 5.24.